The molecule has 1 aromatic rings. The molecule has 1 aromatic carbocycles. The van der Waals surface area contributed by atoms with E-state index in [1.807, 2.05) is 31.2 Å². The summed E-state index contributed by atoms with van der Waals surface area (Å²) in [5.74, 6) is -0.559. The summed E-state index contributed by atoms with van der Waals surface area (Å²) in [7, 11) is 1.59. The Morgan fingerprint density at radius 2 is 1.88 bits per heavy atom. The van der Waals surface area contributed by atoms with Crippen LogP contribution >= 0.6 is 0 Å². The Balaban J connectivity index is 1.91. The number of urea groups is 1. The molecule has 2 atom stereocenters. The summed E-state index contributed by atoms with van der Waals surface area (Å²) in [5, 5.41) is 0. The lowest BCUT2D eigenvalue weighted by Gasteiger charge is -2.29. The summed E-state index contributed by atoms with van der Waals surface area (Å²) in [6.45, 7) is 6.99. The van der Waals surface area contributed by atoms with E-state index in [-0.39, 0.29) is 17.9 Å². The van der Waals surface area contributed by atoms with Gasteiger partial charge >= 0.3 is 6.03 Å². The van der Waals surface area contributed by atoms with Crippen LogP contribution in [0, 0.1) is 0 Å². The van der Waals surface area contributed by atoms with E-state index in [4.69, 9.17) is 0 Å². The predicted octanol–water partition coefficient (Wildman–Crippen LogP) is 2.03. The first-order chi connectivity index (χ1) is 11.2. The van der Waals surface area contributed by atoms with Gasteiger partial charge in [-0.05, 0) is 45.7 Å². The molecule has 24 heavy (non-hydrogen) atoms. The van der Waals surface area contributed by atoms with Crippen LogP contribution < -0.4 is 4.90 Å². The summed E-state index contributed by atoms with van der Waals surface area (Å²) in [6.07, 6.45) is 0.780. The van der Waals surface area contributed by atoms with Gasteiger partial charge in [0.1, 0.15) is 11.6 Å². The molecule has 3 rings (SSSR count). The van der Waals surface area contributed by atoms with Gasteiger partial charge in [0, 0.05) is 18.8 Å². The Morgan fingerprint density at radius 3 is 2.46 bits per heavy atom. The quantitative estimate of drug-likeness (QED) is 0.780. The molecule has 4 amide bonds. The molecule has 1 fully saturated rings. The first-order valence-electron chi connectivity index (χ1n) is 8.20. The lowest BCUT2D eigenvalue weighted by atomic mass is 10.0. The number of imide groups is 1. The predicted molar refractivity (Wildman–Crippen MR) is 90.6 cm³/mol. The molecule has 2 heterocycles. The fourth-order valence-corrected chi connectivity index (χ4v) is 3.48. The second kappa shape index (κ2) is 5.33. The first kappa shape index (κ1) is 16.5. The van der Waals surface area contributed by atoms with Gasteiger partial charge in [-0.25, -0.2) is 9.69 Å². The number of carbonyl (C=O) groups is 3. The molecule has 128 valence electrons. The van der Waals surface area contributed by atoms with E-state index in [2.05, 4.69) is 0 Å². The van der Waals surface area contributed by atoms with Crippen molar-refractivity contribution in [2.24, 2.45) is 0 Å². The van der Waals surface area contributed by atoms with Crippen LogP contribution in [-0.2, 0) is 16.0 Å². The zero-order valence-electron chi connectivity index (χ0n) is 14.7. The fourth-order valence-electron chi connectivity index (χ4n) is 3.48. The van der Waals surface area contributed by atoms with Crippen molar-refractivity contribution in [3.05, 3.63) is 29.8 Å². The largest absolute Gasteiger partial charge is 0.328 e. The molecule has 0 bridgehead atoms. The summed E-state index contributed by atoms with van der Waals surface area (Å²) in [6, 6.07) is 6.52. The molecule has 2 aliphatic heterocycles. The molecule has 1 saturated heterocycles. The van der Waals surface area contributed by atoms with Gasteiger partial charge in [-0.1, -0.05) is 18.2 Å². The van der Waals surface area contributed by atoms with Gasteiger partial charge in [0.05, 0.1) is 0 Å². The molecule has 2 aliphatic rings. The summed E-state index contributed by atoms with van der Waals surface area (Å²) in [4.78, 5) is 42.4. The van der Waals surface area contributed by atoms with Crippen LogP contribution in [-0.4, -0.2) is 52.3 Å². The topological polar surface area (TPSA) is 60.9 Å². The zero-order chi connectivity index (χ0) is 17.8. The smallest absolute Gasteiger partial charge is 0.313 e. The molecule has 0 aliphatic carbocycles. The average molecular weight is 329 g/mol. The Morgan fingerprint density at radius 1 is 1.25 bits per heavy atom. The van der Waals surface area contributed by atoms with E-state index >= 15 is 0 Å². The van der Waals surface area contributed by atoms with Gasteiger partial charge in [-0.3, -0.25) is 9.59 Å². The SMILES string of the molecule is C[C@H](C(=O)N1c2ccccc2C[C@H]1C)N1C(=O)N(C)C(C)(C)C1=O. The molecule has 6 nitrogen and oxygen atoms in total. The highest BCUT2D eigenvalue weighted by Crippen LogP contribution is 2.34. The van der Waals surface area contributed by atoms with Crippen molar-refractivity contribution in [2.75, 3.05) is 11.9 Å². The van der Waals surface area contributed by atoms with Crippen LogP contribution in [0.5, 0.6) is 0 Å². The fraction of sp³-hybridized carbons (Fsp3) is 0.500. The number of nitrogens with zero attached hydrogens (tertiary/aromatic N) is 3. The van der Waals surface area contributed by atoms with E-state index in [9.17, 15) is 14.4 Å². The minimum atomic E-state index is -0.930. The highest BCUT2D eigenvalue weighted by Gasteiger charge is 2.53. The summed E-state index contributed by atoms with van der Waals surface area (Å²) < 4.78 is 0. The van der Waals surface area contributed by atoms with Crippen molar-refractivity contribution >= 4 is 23.5 Å². The van der Waals surface area contributed by atoms with Gasteiger partial charge in [-0.2, -0.15) is 0 Å². The van der Waals surface area contributed by atoms with Crippen LogP contribution in [0.1, 0.15) is 33.3 Å². The number of hydrogen-bond acceptors (Lipinski definition) is 3. The number of carbonyl (C=O) groups excluding carboxylic acids is 3. The van der Waals surface area contributed by atoms with Crippen molar-refractivity contribution in [2.45, 2.75) is 51.7 Å². The number of rotatable bonds is 2. The number of para-hydroxylation sites is 1. The summed E-state index contributed by atoms with van der Waals surface area (Å²) in [5.41, 5.74) is 1.05. The molecular formula is C18H23N3O3. The normalized spacial score (nSPS) is 23.7. The van der Waals surface area contributed by atoms with Gasteiger partial charge in [0.15, 0.2) is 0 Å². The Labute approximate surface area is 142 Å². The number of fused-ring (bicyclic) bond motifs is 1. The van der Waals surface area contributed by atoms with Crippen molar-refractivity contribution in [1.29, 1.82) is 0 Å². The molecule has 0 saturated carbocycles. The van der Waals surface area contributed by atoms with Crippen molar-refractivity contribution in [3.8, 4) is 0 Å². The van der Waals surface area contributed by atoms with E-state index in [1.165, 1.54) is 4.90 Å². The standard InChI is InChI=1S/C18H23N3O3/c1-11-10-13-8-6-7-9-14(13)20(11)15(22)12(2)21-16(23)18(3,4)19(5)17(21)24/h6-9,11-12H,10H2,1-5H3/t11-,12-/m1/s1. The van der Waals surface area contributed by atoms with E-state index < -0.39 is 17.6 Å². The highest BCUT2D eigenvalue weighted by molar-refractivity contribution is 6.11. The average Bonchev–Trinajstić information content (AvgIpc) is 2.94. The molecule has 0 spiro atoms. The third-order valence-electron chi connectivity index (χ3n) is 5.26. The van der Waals surface area contributed by atoms with E-state index in [0.717, 1.165) is 22.6 Å². The number of anilines is 1. The van der Waals surface area contributed by atoms with Gasteiger partial charge in [0.25, 0.3) is 5.91 Å². The third-order valence-corrected chi connectivity index (χ3v) is 5.26. The van der Waals surface area contributed by atoms with Gasteiger partial charge < -0.3 is 9.80 Å². The van der Waals surface area contributed by atoms with Gasteiger partial charge in [0.2, 0.25) is 5.91 Å². The second-order valence-electron chi connectivity index (χ2n) is 7.14. The monoisotopic (exact) mass is 329 g/mol. The molecule has 0 N–H and O–H groups in total. The highest BCUT2D eigenvalue weighted by atomic mass is 16.2. The molecule has 0 aromatic heterocycles. The molecule has 0 radical (unpaired) electrons. The lowest BCUT2D eigenvalue weighted by molar-refractivity contribution is -0.137. The van der Waals surface area contributed by atoms with E-state index in [1.54, 1.807) is 32.7 Å². The summed E-state index contributed by atoms with van der Waals surface area (Å²) >= 11 is 0. The van der Waals surface area contributed by atoms with Crippen molar-refractivity contribution in [3.63, 3.8) is 0 Å². The maximum Gasteiger partial charge on any atom is 0.328 e. The first-order valence-corrected chi connectivity index (χ1v) is 8.20. The Bertz CT molecular complexity index is 728. The third kappa shape index (κ3) is 2.12. The van der Waals surface area contributed by atoms with Crippen LogP contribution in [0.3, 0.4) is 0 Å². The van der Waals surface area contributed by atoms with Crippen LogP contribution in [0.2, 0.25) is 0 Å². The number of benzene rings is 1. The Kier molecular flexibility index (Phi) is 3.66. The van der Waals surface area contributed by atoms with Gasteiger partial charge in [-0.15, -0.1) is 0 Å². The zero-order valence-corrected chi connectivity index (χ0v) is 14.7. The molecular weight excluding hydrogens is 306 g/mol. The number of likely N-dealkylation sites (N-methyl/N-ethyl adjacent to an activating group) is 1. The molecule has 6 heteroatoms. The molecule has 0 unspecified atom stereocenters. The van der Waals surface area contributed by atoms with E-state index in [0.29, 0.717) is 0 Å². The maximum atomic E-state index is 13.1. The van der Waals surface area contributed by atoms with Crippen molar-refractivity contribution < 1.29 is 14.4 Å². The number of amides is 4. The minimum Gasteiger partial charge on any atom is -0.313 e. The Hall–Kier alpha value is -2.37. The van der Waals surface area contributed by atoms with Crippen LogP contribution in [0.15, 0.2) is 24.3 Å². The number of hydrogen-bond donors (Lipinski definition) is 0. The second-order valence-corrected chi connectivity index (χ2v) is 7.14. The van der Waals surface area contributed by atoms with Crippen LogP contribution in [0.4, 0.5) is 10.5 Å². The van der Waals surface area contributed by atoms with Crippen molar-refractivity contribution in [1.82, 2.24) is 9.80 Å². The van der Waals surface area contributed by atoms with Crippen LogP contribution in [0.25, 0.3) is 0 Å². The maximum absolute atomic E-state index is 13.1. The lowest BCUT2D eigenvalue weighted by Crippen LogP contribution is -2.52. The minimum absolute atomic E-state index is 0.0101.